The van der Waals surface area contributed by atoms with Gasteiger partial charge < -0.3 is 25.0 Å². The van der Waals surface area contributed by atoms with Crippen LogP contribution in [0.5, 0.6) is 5.75 Å². The zero-order valence-electron chi connectivity index (χ0n) is 18.2. The van der Waals surface area contributed by atoms with E-state index in [4.69, 9.17) is 9.47 Å². The van der Waals surface area contributed by atoms with E-state index in [0.717, 1.165) is 26.7 Å². The number of carbonyl (C=O) groups is 1. The molecule has 0 heterocycles. The normalized spacial score (nSPS) is 14.2. The van der Waals surface area contributed by atoms with Crippen molar-refractivity contribution in [3.8, 4) is 16.9 Å². The van der Waals surface area contributed by atoms with Crippen LogP contribution >= 0.6 is 15.9 Å². The first kappa shape index (κ1) is 23.3. The van der Waals surface area contributed by atoms with Crippen molar-refractivity contribution in [2.75, 3.05) is 19.8 Å². The van der Waals surface area contributed by atoms with Crippen LogP contribution in [0.4, 0.5) is 4.79 Å². The Labute approximate surface area is 201 Å². The molecule has 0 bridgehead atoms. The topological polar surface area (TPSA) is 88.0 Å². The Kier molecular flexibility index (Phi) is 7.33. The molecule has 3 aromatic rings. The molecule has 2 atom stereocenters. The minimum Gasteiger partial charge on any atom is -0.493 e. The fourth-order valence-corrected chi connectivity index (χ4v) is 4.57. The van der Waals surface area contributed by atoms with Crippen molar-refractivity contribution in [2.45, 2.75) is 25.0 Å². The number of hydrogen-bond donors (Lipinski definition) is 3. The molecule has 0 saturated carbocycles. The van der Waals surface area contributed by atoms with Crippen molar-refractivity contribution in [2.24, 2.45) is 0 Å². The average Bonchev–Trinajstić information content (AvgIpc) is 3.15. The van der Waals surface area contributed by atoms with Gasteiger partial charge in [-0.25, -0.2) is 4.79 Å². The summed E-state index contributed by atoms with van der Waals surface area (Å²) >= 11 is 3.36. The highest BCUT2D eigenvalue weighted by atomic mass is 79.9. The number of halogens is 1. The summed E-state index contributed by atoms with van der Waals surface area (Å²) in [6, 6.07) is 21.4. The van der Waals surface area contributed by atoms with E-state index in [-0.39, 0.29) is 19.1 Å². The standard InChI is InChI=1S/C26H26BrNO5/c1-2-32-24-12-11-16(27)13-21(24)25(30)23(29)14-28-26(31)33-15-22-19-9-5-3-7-17(19)18-8-4-6-10-20(18)22/h3-13,22-23,25,29-30H,2,14-15H2,1H3,(H,28,31). The number of ether oxygens (including phenoxy) is 2. The minimum absolute atomic E-state index is 0.0471. The van der Waals surface area contributed by atoms with Gasteiger partial charge in [-0.3, -0.25) is 0 Å². The molecule has 1 aliphatic carbocycles. The molecule has 0 radical (unpaired) electrons. The largest absolute Gasteiger partial charge is 0.493 e. The first-order chi connectivity index (χ1) is 16.0. The molecule has 0 aromatic heterocycles. The third-order valence-electron chi connectivity index (χ3n) is 5.75. The Balaban J connectivity index is 1.35. The van der Waals surface area contributed by atoms with E-state index in [1.165, 1.54) is 0 Å². The molecule has 0 fully saturated rings. The van der Waals surface area contributed by atoms with Gasteiger partial charge in [-0.1, -0.05) is 64.5 Å². The maximum atomic E-state index is 12.4. The van der Waals surface area contributed by atoms with Gasteiger partial charge in [0.2, 0.25) is 0 Å². The van der Waals surface area contributed by atoms with Crippen LogP contribution in [-0.4, -0.2) is 42.2 Å². The second-order valence-electron chi connectivity index (χ2n) is 7.83. The molecular weight excluding hydrogens is 486 g/mol. The highest BCUT2D eigenvalue weighted by Gasteiger charge is 2.29. The fraction of sp³-hybridized carbons (Fsp3) is 0.269. The molecule has 7 heteroatoms. The average molecular weight is 512 g/mol. The molecule has 0 spiro atoms. The second-order valence-corrected chi connectivity index (χ2v) is 8.75. The quantitative estimate of drug-likeness (QED) is 0.405. The first-order valence-corrected chi connectivity index (χ1v) is 11.7. The van der Waals surface area contributed by atoms with Crippen LogP contribution in [0.1, 0.15) is 35.6 Å². The third-order valence-corrected chi connectivity index (χ3v) is 6.25. The molecule has 2 unspecified atom stereocenters. The summed E-state index contributed by atoms with van der Waals surface area (Å²) < 4.78 is 11.8. The Morgan fingerprint density at radius 3 is 2.30 bits per heavy atom. The van der Waals surface area contributed by atoms with E-state index in [9.17, 15) is 15.0 Å². The lowest BCUT2D eigenvalue weighted by Gasteiger charge is -2.21. The van der Waals surface area contributed by atoms with Gasteiger partial charge in [-0.05, 0) is 47.4 Å². The SMILES string of the molecule is CCOc1ccc(Br)cc1C(O)C(O)CNC(=O)OCC1c2ccccc2-c2ccccc21. The summed E-state index contributed by atoms with van der Waals surface area (Å²) in [6.45, 7) is 2.28. The molecule has 4 rings (SSSR count). The van der Waals surface area contributed by atoms with E-state index >= 15 is 0 Å². The molecular formula is C26H26BrNO5. The van der Waals surface area contributed by atoms with Gasteiger partial charge >= 0.3 is 6.09 Å². The molecule has 172 valence electrons. The van der Waals surface area contributed by atoms with Crippen LogP contribution in [0.3, 0.4) is 0 Å². The van der Waals surface area contributed by atoms with Gasteiger partial charge in [0, 0.05) is 22.5 Å². The summed E-state index contributed by atoms with van der Waals surface area (Å²) in [6.07, 6.45) is -3.13. The maximum absolute atomic E-state index is 12.4. The number of aliphatic hydroxyl groups excluding tert-OH is 2. The molecule has 3 aromatic carbocycles. The molecule has 1 amide bonds. The summed E-state index contributed by atoms with van der Waals surface area (Å²) in [5, 5.41) is 23.6. The van der Waals surface area contributed by atoms with Crippen molar-refractivity contribution in [1.82, 2.24) is 5.32 Å². The van der Waals surface area contributed by atoms with Crippen LogP contribution in [-0.2, 0) is 4.74 Å². The lowest BCUT2D eigenvalue weighted by Crippen LogP contribution is -2.36. The Morgan fingerprint density at radius 1 is 1.03 bits per heavy atom. The molecule has 3 N–H and O–H groups in total. The molecule has 0 saturated heterocycles. The highest BCUT2D eigenvalue weighted by Crippen LogP contribution is 2.44. The third kappa shape index (κ3) is 5.05. The van der Waals surface area contributed by atoms with E-state index in [1.807, 2.05) is 31.2 Å². The number of hydrogen-bond acceptors (Lipinski definition) is 5. The molecule has 6 nitrogen and oxygen atoms in total. The highest BCUT2D eigenvalue weighted by molar-refractivity contribution is 9.10. The number of nitrogens with one attached hydrogen (secondary N) is 1. The van der Waals surface area contributed by atoms with Gasteiger partial charge in [-0.2, -0.15) is 0 Å². The van der Waals surface area contributed by atoms with E-state index in [1.54, 1.807) is 18.2 Å². The fourth-order valence-electron chi connectivity index (χ4n) is 4.19. The van der Waals surface area contributed by atoms with Gasteiger partial charge in [0.15, 0.2) is 0 Å². The zero-order valence-corrected chi connectivity index (χ0v) is 19.8. The predicted octanol–water partition coefficient (Wildman–Crippen LogP) is 4.78. The van der Waals surface area contributed by atoms with E-state index in [2.05, 4.69) is 45.5 Å². The smallest absolute Gasteiger partial charge is 0.407 e. The van der Waals surface area contributed by atoms with Crippen LogP contribution in [0.25, 0.3) is 11.1 Å². The van der Waals surface area contributed by atoms with E-state index in [0.29, 0.717) is 17.9 Å². The van der Waals surface area contributed by atoms with Gasteiger partial charge in [0.25, 0.3) is 0 Å². The van der Waals surface area contributed by atoms with Crippen molar-refractivity contribution < 1.29 is 24.5 Å². The summed E-state index contributed by atoms with van der Waals surface area (Å²) in [7, 11) is 0. The number of rotatable bonds is 8. The number of benzene rings is 3. The lowest BCUT2D eigenvalue weighted by atomic mass is 9.98. The number of carbonyl (C=O) groups excluding carboxylic acids is 1. The summed E-state index contributed by atoms with van der Waals surface area (Å²) in [5.41, 5.74) is 4.99. The van der Waals surface area contributed by atoms with Crippen LogP contribution in [0.2, 0.25) is 0 Å². The van der Waals surface area contributed by atoms with Crippen LogP contribution in [0, 0.1) is 0 Å². The van der Waals surface area contributed by atoms with E-state index < -0.39 is 18.3 Å². The Bertz CT molecular complexity index is 1090. The minimum atomic E-state index is -1.24. The number of aliphatic hydroxyl groups is 2. The molecule has 33 heavy (non-hydrogen) atoms. The monoisotopic (exact) mass is 511 g/mol. The lowest BCUT2D eigenvalue weighted by molar-refractivity contribution is 0.0169. The predicted molar refractivity (Wildman–Crippen MR) is 129 cm³/mol. The Morgan fingerprint density at radius 2 is 1.67 bits per heavy atom. The zero-order chi connectivity index (χ0) is 23.4. The summed E-state index contributed by atoms with van der Waals surface area (Å²) in [4.78, 5) is 12.4. The van der Waals surface area contributed by atoms with Gasteiger partial charge in [0.1, 0.15) is 24.6 Å². The van der Waals surface area contributed by atoms with Crippen LogP contribution < -0.4 is 10.1 Å². The number of amides is 1. The van der Waals surface area contributed by atoms with Crippen LogP contribution in [0.15, 0.2) is 71.2 Å². The first-order valence-electron chi connectivity index (χ1n) is 10.9. The van der Waals surface area contributed by atoms with Crippen molar-refractivity contribution in [3.63, 3.8) is 0 Å². The second kappa shape index (κ2) is 10.4. The Hall–Kier alpha value is -2.87. The van der Waals surface area contributed by atoms with Gasteiger partial charge in [-0.15, -0.1) is 0 Å². The van der Waals surface area contributed by atoms with Crippen molar-refractivity contribution >= 4 is 22.0 Å². The number of fused-ring (bicyclic) bond motifs is 3. The number of alkyl carbamates (subject to hydrolysis) is 1. The van der Waals surface area contributed by atoms with Gasteiger partial charge in [0.05, 0.1) is 6.61 Å². The van der Waals surface area contributed by atoms with Crippen molar-refractivity contribution in [3.05, 3.63) is 87.9 Å². The summed E-state index contributed by atoms with van der Waals surface area (Å²) in [5.74, 6) is 0.433. The molecule has 1 aliphatic rings. The maximum Gasteiger partial charge on any atom is 0.407 e. The van der Waals surface area contributed by atoms with Crippen molar-refractivity contribution in [1.29, 1.82) is 0 Å². The molecule has 0 aliphatic heterocycles.